The third kappa shape index (κ3) is 6.73. The molecular formula is C31H39N5O7S. The maximum absolute atomic E-state index is 13.9. The van der Waals surface area contributed by atoms with Crippen LogP contribution in [0.4, 0.5) is 4.79 Å². The molecule has 2 aliphatic rings. The highest BCUT2D eigenvalue weighted by Gasteiger charge is 2.43. The molecule has 1 unspecified atom stereocenters. The molecule has 3 aromatic rings. The van der Waals surface area contributed by atoms with Crippen molar-refractivity contribution in [1.82, 2.24) is 25.3 Å². The molecule has 3 amide bonds. The second-order valence-electron chi connectivity index (χ2n) is 11.8. The van der Waals surface area contributed by atoms with Crippen LogP contribution in [0.25, 0.3) is 10.4 Å². The van der Waals surface area contributed by atoms with Crippen LogP contribution >= 0.6 is 11.3 Å². The second-order valence-corrected chi connectivity index (χ2v) is 12.7. The van der Waals surface area contributed by atoms with E-state index in [1.165, 1.54) is 15.9 Å². The van der Waals surface area contributed by atoms with Gasteiger partial charge in [-0.05, 0) is 48.9 Å². The van der Waals surface area contributed by atoms with Crippen LogP contribution < -0.4 is 10.1 Å². The van der Waals surface area contributed by atoms with E-state index in [4.69, 9.17) is 9.26 Å². The molecule has 12 nitrogen and oxygen atoms in total. The van der Waals surface area contributed by atoms with Crippen molar-refractivity contribution in [2.75, 3.05) is 13.1 Å². The quantitative estimate of drug-likeness (QED) is 0.310. The Balaban J connectivity index is 1.27. The summed E-state index contributed by atoms with van der Waals surface area (Å²) in [7, 11) is 0. The fourth-order valence-corrected chi connectivity index (χ4v) is 6.78. The van der Waals surface area contributed by atoms with Gasteiger partial charge >= 0.3 is 6.09 Å². The average Bonchev–Trinajstić information content (AvgIpc) is 3.73. The van der Waals surface area contributed by atoms with Gasteiger partial charge in [0, 0.05) is 32.0 Å². The Morgan fingerprint density at radius 2 is 1.89 bits per heavy atom. The topological polar surface area (TPSA) is 158 Å². The van der Waals surface area contributed by atoms with Crippen molar-refractivity contribution in [1.29, 1.82) is 0 Å². The number of ether oxygens (including phenoxy) is 1. The van der Waals surface area contributed by atoms with Gasteiger partial charge in [0.25, 0.3) is 5.88 Å². The number of aliphatic hydroxyl groups excluding tert-OH is 1. The molecule has 236 valence electrons. The first-order valence-corrected chi connectivity index (χ1v) is 15.8. The number of thiazole rings is 1. The second kappa shape index (κ2) is 13.3. The first-order chi connectivity index (χ1) is 21.0. The summed E-state index contributed by atoms with van der Waals surface area (Å²) in [6, 6.07) is 8.27. The zero-order chi connectivity index (χ0) is 31.5. The number of piperidine rings is 1. The molecule has 4 heterocycles. The van der Waals surface area contributed by atoms with Crippen LogP contribution in [0.2, 0.25) is 0 Å². The van der Waals surface area contributed by atoms with Crippen molar-refractivity contribution in [3.63, 3.8) is 0 Å². The van der Waals surface area contributed by atoms with Gasteiger partial charge in [-0.1, -0.05) is 38.1 Å². The van der Waals surface area contributed by atoms with E-state index >= 15 is 0 Å². The number of rotatable bonds is 9. The lowest BCUT2D eigenvalue weighted by atomic mass is 9.91. The maximum Gasteiger partial charge on any atom is 0.410 e. The van der Waals surface area contributed by atoms with E-state index in [1.807, 2.05) is 57.5 Å². The summed E-state index contributed by atoms with van der Waals surface area (Å²) in [5.41, 5.74) is 4.75. The van der Waals surface area contributed by atoms with Crippen LogP contribution in [0.3, 0.4) is 0 Å². The number of hydrogen-bond acceptors (Lipinski definition) is 9. The molecule has 2 aliphatic heterocycles. The minimum absolute atomic E-state index is 0.0184. The number of aryl methyl sites for hydroxylation is 1. The molecular weight excluding hydrogens is 586 g/mol. The lowest BCUT2D eigenvalue weighted by Crippen LogP contribution is -2.48. The van der Waals surface area contributed by atoms with E-state index in [-0.39, 0.29) is 48.4 Å². The Kier molecular flexibility index (Phi) is 9.54. The Labute approximate surface area is 260 Å². The predicted molar refractivity (Wildman–Crippen MR) is 162 cm³/mol. The Hall–Kier alpha value is -3.97. The van der Waals surface area contributed by atoms with Crippen LogP contribution in [0, 0.1) is 12.8 Å². The largest absolute Gasteiger partial charge is 0.465 e. The van der Waals surface area contributed by atoms with Crippen molar-refractivity contribution in [3.05, 3.63) is 52.9 Å². The highest BCUT2D eigenvalue weighted by molar-refractivity contribution is 7.13. The molecule has 0 spiro atoms. The lowest BCUT2D eigenvalue weighted by Gasteiger charge is -2.32. The lowest BCUT2D eigenvalue weighted by molar-refractivity contribution is -0.141. The number of aromatic nitrogens is 2. The summed E-state index contributed by atoms with van der Waals surface area (Å²) < 4.78 is 11.4. The monoisotopic (exact) mass is 625 g/mol. The molecule has 0 saturated carbocycles. The molecule has 44 heavy (non-hydrogen) atoms. The first kappa shape index (κ1) is 31.5. The number of amides is 3. The predicted octanol–water partition coefficient (Wildman–Crippen LogP) is 4.55. The van der Waals surface area contributed by atoms with Gasteiger partial charge in [-0.15, -0.1) is 11.3 Å². The van der Waals surface area contributed by atoms with Crippen LogP contribution in [-0.2, 0) is 9.59 Å². The average molecular weight is 626 g/mol. The molecule has 2 aromatic heterocycles. The van der Waals surface area contributed by atoms with Gasteiger partial charge in [0.05, 0.1) is 28.2 Å². The molecule has 3 N–H and O–H groups in total. The highest BCUT2D eigenvalue weighted by Crippen LogP contribution is 2.34. The highest BCUT2D eigenvalue weighted by atomic mass is 32.1. The summed E-state index contributed by atoms with van der Waals surface area (Å²) >= 11 is 1.58. The number of benzene rings is 1. The number of carbonyl (C=O) groups excluding carboxylic acids is 2. The minimum Gasteiger partial charge on any atom is -0.465 e. The standard InChI is InChI=1S/C31H39N5O7S/c1-17(2)27(24-14-25(34-43-24)42-26-7-5-6-12-35(26)31(40)41)30(39)36-15-22(37)13-23(36)29(38)33-18(3)20-8-10-21(11-9-20)28-19(4)32-16-44-28/h8-11,14,16-18,22-23,26-27,37H,5-7,12-13,15H2,1-4H3,(H,33,38)(H,40,41)/t18-,22+,23-,26?,27+/m0/s1. The number of likely N-dealkylation sites (tertiary alicyclic amines) is 2. The SMILES string of the molecule is Cc1ncsc1-c1ccc([C@H](C)NC(=O)[C@@H]2C[C@@H](O)CN2C(=O)[C@@H](c2cc(OC3CCCCN3C(=O)O)no2)C(C)C)cc1. The van der Waals surface area contributed by atoms with E-state index in [9.17, 15) is 24.6 Å². The summed E-state index contributed by atoms with van der Waals surface area (Å²) in [6.07, 6.45) is -0.374. The van der Waals surface area contributed by atoms with Crippen molar-refractivity contribution >= 4 is 29.2 Å². The van der Waals surface area contributed by atoms with E-state index < -0.39 is 30.4 Å². The zero-order valence-electron chi connectivity index (χ0n) is 25.3. The number of aliphatic hydroxyl groups is 1. The summed E-state index contributed by atoms with van der Waals surface area (Å²) in [4.78, 5) is 47.1. The van der Waals surface area contributed by atoms with E-state index in [0.717, 1.165) is 34.5 Å². The zero-order valence-corrected chi connectivity index (χ0v) is 26.1. The van der Waals surface area contributed by atoms with Gasteiger partial charge in [0.15, 0.2) is 12.0 Å². The van der Waals surface area contributed by atoms with Crippen molar-refractivity contribution < 1.29 is 33.9 Å². The number of carbonyl (C=O) groups is 3. The summed E-state index contributed by atoms with van der Waals surface area (Å²) in [5, 5.41) is 27.0. The van der Waals surface area contributed by atoms with Gasteiger partial charge < -0.3 is 29.7 Å². The van der Waals surface area contributed by atoms with Gasteiger partial charge in [-0.25, -0.2) is 9.78 Å². The summed E-state index contributed by atoms with van der Waals surface area (Å²) in [5.74, 6) is -1.38. The molecule has 0 radical (unpaired) electrons. The normalized spacial score (nSPS) is 21.7. The first-order valence-electron chi connectivity index (χ1n) is 15.0. The van der Waals surface area contributed by atoms with Gasteiger partial charge in [-0.2, -0.15) is 0 Å². The van der Waals surface area contributed by atoms with Crippen molar-refractivity contribution in [3.8, 4) is 16.3 Å². The molecule has 2 fully saturated rings. The third-order valence-corrected chi connectivity index (χ3v) is 9.32. The molecule has 13 heteroatoms. The fraction of sp³-hybridized carbons (Fsp3) is 0.516. The number of nitrogens with one attached hydrogen (secondary N) is 1. The molecule has 0 aliphatic carbocycles. The molecule has 5 rings (SSSR count). The minimum atomic E-state index is -1.07. The molecule has 5 atom stereocenters. The number of hydrogen-bond donors (Lipinski definition) is 3. The van der Waals surface area contributed by atoms with Crippen LogP contribution in [0.1, 0.15) is 75.4 Å². The van der Waals surface area contributed by atoms with Crippen molar-refractivity contribution in [2.24, 2.45) is 5.92 Å². The number of carboxylic acid groups (broad SMARTS) is 1. The van der Waals surface area contributed by atoms with Crippen molar-refractivity contribution in [2.45, 2.75) is 83.7 Å². The van der Waals surface area contributed by atoms with E-state index in [0.29, 0.717) is 13.0 Å². The Bertz CT molecular complexity index is 1470. The van der Waals surface area contributed by atoms with Crippen LogP contribution in [0.5, 0.6) is 5.88 Å². The van der Waals surface area contributed by atoms with E-state index in [1.54, 1.807) is 11.3 Å². The smallest absolute Gasteiger partial charge is 0.410 e. The van der Waals surface area contributed by atoms with E-state index in [2.05, 4.69) is 15.5 Å². The van der Waals surface area contributed by atoms with Crippen LogP contribution in [-0.4, -0.2) is 79.5 Å². The van der Waals surface area contributed by atoms with Crippen LogP contribution in [0.15, 0.2) is 40.4 Å². The Morgan fingerprint density at radius 3 is 2.55 bits per heavy atom. The molecule has 0 bridgehead atoms. The maximum atomic E-state index is 13.9. The number of nitrogens with zero attached hydrogens (tertiary/aromatic N) is 4. The third-order valence-electron chi connectivity index (χ3n) is 8.34. The number of β-amino-alcohol motifs (C(OH)–C–C–N with tert-alkyl or cyclic N) is 1. The van der Waals surface area contributed by atoms with Gasteiger partial charge in [0.2, 0.25) is 11.8 Å². The molecule has 1 aromatic carbocycles. The van der Waals surface area contributed by atoms with Gasteiger partial charge in [0.1, 0.15) is 12.0 Å². The Morgan fingerprint density at radius 1 is 1.14 bits per heavy atom. The van der Waals surface area contributed by atoms with Gasteiger partial charge in [-0.3, -0.25) is 14.5 Å². The fourth-order valence-electron chi connectivity index (χ4n) is 5.97. The summed E-state index contributed by atoms with van der Waals surface area (Å²) in [6.45, 7) is 7.96. The molecule has 2 saturated heterocycles.